The molecule has 41 heavy (non-hydrogen) atoms. The first-order chi connectivity index (χ1) is 19.7. The summed E-state index contributed by atoms with van der Waals surface area (Å²) in [6, 6.07) is 19.0. The van der Waals surface area contributed by atoms with Gasteiger partial charge in [0.15, 0.2) is 5.65 Å². The molecule has 2 aromatic carbocycles. The van der Waals surface area contributed by atoms with E-state index in [1.165, 1.54) is 10.6 Å². The van der Waals surface area contributed by atoms with Gasteiger partial charge < -0.3 is 14.2 Å². The zero-order valence-corrected chi connectivity index (χ0v) is 23.6. The zero-order chi connectivity index (χ0) is 29.0. The van der Waals surface area contributed by atoms with Crippen LogP contribution in [0.4, 0.5) is 0 Å². The van der Waals surface area contributed by atoms with Crippen LogP contribution in [0.3, 0.4) is 0 Å². The Balaban J connectivity index is 1.42. The highest BCUT2D eigenvalue weighted by atomic mass is 16.7. The van der Waals surface area contributed by atoms with Crippen molar-refractivity contribution < 1.29 is 23.8 Å². The Morgan fingerprint density at radius 2 is 1.68 bits per heavy atom. The van der Waals surface area contributed by atoms with Crippen molar-refractivity contribution in [3.8, 4) is 17.0 Å². The lowest BCUT2D eigenvalue weighted by Crippen LogP contribution is -2.25. The average Bonchev–Trinajstić information content (AvgIpc) is 3.42. The summed E-state index contributed by atoms with van der Waals surface area (Å²) < 4.78 is 17.4. The molecular weight excluding hydrogens is 522 g/mol. The topological polar surface area (TPSA) is 112 Å². The summed E-state index contributed by atoms with van der Waals surface area (Å²) >= 11 is 0. The fourth-order valence-electron chi connectivity index (χ4n) is 5.00. The Kier molecular flexibility index (Phi) is 8.23. The first-order valence-corrected chi connectivity index (χ1v) is 14.0. The fraction of sp³-hybridized carbons (Fsp3) is 0.375. The van der Waals surface area contributed by atoms with Crippen LogP contribution in [0, 0.1) is 5.41 Å². The van der Waals surface area contributed by atoms with Gasteiger partial charge in [-0.1, -0.05) is 49.6 Å². The Labute approximate surface area is 238 Å². The van der Waals surface area contributed by atoms with E-state index in [9.17, 15) is 14.4 Å². The lowest BCUT2D eigenvalue weighted by atomic mass is 9.83. The quantitative estimate of drug-likeness (QED) is 0.208. The SMILES string of the molecule is CC(C)(C)C(=O)OCOC(=O)c1cc2nc(-c3ccc(OCc4ccccc4)cc3)c(C3CCCCC3)c(=O)n2[nH]1. The maximum Gasteiger partial charge on any atom is 0.359 e. The van der Waals surface area contributed by atoms with Gasteiger partial charge in [0.1, 0.15) is 18.1 Å². The number of nitrogens with one attached hydrogen (secondary N) is 1. The van der Waals surface area contributed by atoms with E-state index in [2.05, 4.69) is 5.10 Å². The smallest absolute Gasteiger partial charge is 0.359 e. The van der Waals surface area contributed by atoms with E-state index in [0.717, 1.165) is 43.2 Å². The molecule has 214 valence electrons. The Morgan fingerprint density at radius 3 is 2.37 bits per heavy atom. The number of ether oxygens (including phenoxy) is 3. The molecule has 2 heterocycles. The summed E-state index contributed by atoms with van der Waals surface area (Å²) in [7, 11) is 0. The van der Waals surface area contributed by atoms with Crippen LogP contribution < -0.4 is 10.3 Å². The molecule has 0 atom stereocenters. The highest BCUT2D eigenvalue weighted by Crippen LogP contribution is 2.36. The number of H-pyrrole nitrogens is 1. The predicted octanol–water partition coefficient (Wildman–Crippen LogP) is 6.02. The molecule has 9 nitrogen and oxygen atoms in total. The van der Waals surface area contributed by atoms with Crippen molar-refractivity contribution in [3.05, 3.63) is 87.8 Å². The monoisotopic (exact) mass is 557 g/mol. The van der Waals surface area contributed by atoms with Gasteiger partial charge in [0.05, 0.1) is 11.1 Å². The third-order valence-electron chi connectivity index (χ3n) is 7.25. The van der Waals surface area contributed by atoms with Gasteiger partial charge in [0.2, 0.25) is 6.79 Å². The Bertz CT molecular complexity index is 1580. The number of nitrogens with zero attached hydrogens (tertiary/aromatic N) is 2. The normalized spacial score (nSPS) is 14.1. The number of hydrogen-bond acceptors (Lipinski definition) is 7. The fourth-order valence-corrected chi connectivity index (χ4v) is 5.00. The highest BCUT2D eigenvalue weighted by Gasteiger charge is 2.27. The van der Waals surface area contributed by atoms with Crippen LogP contribution in [-0.2, 0) is 20.9 Å². The molecule has 9 heteroatoms. The van der Waals surface area contributed by atoms with Crippen LogP contribution in [0.1, 0.15) is 80.4 Å². The first kappa shape index (κ1) is 28.1. The predicted molar refractivity (Wildman–Crippen MR) is 154 cm³/mol. The van der Waals surface area contributed by atoms with Crippen molar-refractivity contribution in [3.63, 3.8) is 0 Å². The molecule has 0 unspecified atom stereocenters. The third kappa shape index (κ3) is 6.51. The molecule has 1 N–H and O–H groups in total. The molecule has 1 fully saturated rings. The largest absolute Gasteiger partial charge is 0.489 e. The molecule has 0 bridgehead atoms. The molecule has 4 aromatic rings. The van der Waals surface area contributed by atoms with E-state index < -0.39 is 24.1 Å². The van der Waals surface area contributed by atoms with Crippen LogP contribution in [-0.4, -0.2) is 33.3 Å². The van der Waals surface area contributed by atoms with E-state index in [4.69, 9.17) is 19.2 Å². The molecule has 1 saturated carbocycles. The number of carbonyl (C=O) groups is 2. The number of hydrogen-bond donors (Lipinski definition) is 1. The molecular formula is C32H35N3O6. The maximum absolute atomic E-state index is 13.8. The van der Waals surface area contributed by atoms with Gasteiger partial charge in [0.25, 0.3) is 5.56 Å². The first-order valence-electron chi connectivity index (χ1n) is 14.0. The van der Waals surface area contributed by atoms with Crippen LogP contribution in [0.5, 0.6) is 5.75 Å². The molecule has 2 aromatic heterocycles. The molecule has 0 radical (unpaired) electrons. The van der Waals surface area contributed by atoms with E-state index in [1.54, 1.807) is 20.8 Å². The van der Waals surface area contributed by atoms with Gasteiger partial charge in [0, 0.05) is 17.2 Å². The Morgan fingerprint density at radius 1 is 0.976 bits per heavy atom. The lowest BCUT2D eigenvalue weighted by Gasteiger charge is -2.23. The highest BCUT2D eigenvalue weighted by molar-refractivity contribution is 5.88. The molecule has 5 rings (SSSR count). The Hall–Kier alpha value is -4.40. The minimum Gasteiger partial charge on any atom is -0.489 e. The van der Waals surface area contributed by atoms with E-state index in [0.29, 0.717) is 29.3 Å². The van der Waals surface area contributed by atoms with Crippen molar-refractivity contribution >= 4 is 17.6 Å². The average molecular weight is 558 g/mol. The zero-order valence-electron chi connectivity index (χ0n) is 23.6. The number of fused-ring (bicyclic) bond motifs is 1. The van der Waals surface area contributed by atoms with Crippen molar-refractivity contribution in [1.29, 1.82) is 0 Å². The molecule has 0 amide bonds. The number of rotatable bonds is 8. The second kappa shape index (κ2) is 12.0. The third-order valence-corrected chi connectivity index (χ3v) is 7.25. The molecule has 0 spiro atoms. The standard InChI is InChI=1S/C32H35N3O6/c1-32(2,3)31(38)41-20-40-30(37)25-18-26-33-28(27(29(36)35(26)34-25)22-12-8-5-9-13-22)23-14-16-24(17-15-23)39-19-21-10-6-4-7-11-21/h4,6-7,10-11,14-18,22,34H,5,8-9,12-13,19-20H2,1-3H3. The van der Waals surface area contributed by atoms with Crippen LogP contribution in [0.25, 0.3) is 16.9 Å². The van der Waals surface area contributed by atoms with E-state index >= 15 is 0 Å². The van der Waals surface area contributed by atoms with Gasteiger partial charge >= 0.3 is 11.9 Å². The number of esters is 2. The molecule has 1 aliphatic rings. The summed E-state index contributed by atoms with van der Waals surface area (Å²) in [6.45, 7) is 5.06. The summed E-state index contributed by atoms with van der Waals surface area (Å²) in [5.41, 5.74) is 2.51. The second-order valence-electron chi connectivity index (χ2n) is 11.4. The summed E-state index contributed by atoms with van der Waals surface area (Å²) in [6.07, 6.45) is 5.06. The lowest BCUT2D eigenvalue weighted by molar-refractivity contribution is -0.161. The van der Waals surface area contributed by atoms with Gasteiger partial charge in [-0.3, -0.25) is 14.7 Å². The van der Waals surface area contributed by atoms with Crippen LogP contribution in [0.2, 0.25) is 0 Å². The van der Waals surface area contributed by atoms with Crippen LogP contribution in [0.15, 0.2) is 65.5 Å². The van der Waals surface area contributed by atoms with Crippen molar-refractivity contribution in [2.45, 2.75) is 65.4 Å². The molecule has 0 saturated heterocycles. The number of aromatic nitrogens is 3. The van der Waals surface area contributed by atoms with Gasteiger partial charge in [-0.25, -0.2) is 14.3 Å². The van der Waals surface area contributed by atoms with Crippen LogP contribution >= 0.6 is 0 Å². The molecule has 1 aliphatic carbocycles. The summed E-state index contributed by atoms with van der Waals surface area (Å²) in [5.74, 6) is -0.455. The van der Waals surface area contributed by atoms with Crippen molar-refractivity contribution in [1.82, 2.24) is 14.6 Å². The molecule has 0 aliphatic heterocycles. The van der Waals surface area contributed by atoms with Gasteiger partial charge in [-0.15, -0.1) is 0 Å². The minimum atomic E-state index is -0.753. The van der Waals surface area contributed by atoms with E-state index in [-0.39, 0.29) is 17.2 Å². The van der Waals surface area contributed by atoms with Crippen molar-refractivity contribution in [2.75, 3.05) is 6.79 Å². The van der Waals surface area contributed by atoms with Gasteiger partial charge in [-0.05, 0) is 69.4 Å². The summed E-state index contributed by atoms with van der Waals surface area (Å²) in [4.78, 5) is 43.4. The number of aromatic amines is 1. The van der Waals surface area contributed by atoms with Gasteiger partial charge in [-0.2, -0.15) is 0 Å². The minimum absolute atomic E-state index is 0.0396. The maximum atomic E-state index is 13.8. The second-order valence-corrected chi connectivity index (χ2v) is 11.4. The van der Waals surface area contributed by atoms with Crippen molar-refractivity contribution in [2.24, 2.45) is 5.41 Å². The number of carbonyl (C=O) groups excluding carboxylic acids is 2. The van der Waals surface area contributed by atoms with E-state index in [1.807, 2.05) is 54.6 Å². The number of benzene rings is 2. The summed E-state index contributed by atoms with van der Waals surface area (Å²) in [5, 5.41) is 2.84.